The molecular weight excluding hydrogens is 209 g/mol. The van der Waals surface area contributed by atoms with Gasteiger partial charge >= 0.3 is 6.18 Å². The van der Waals surface area contributed by atoms with Gasteiger partial charge in [0, 0.05) is 10.1 Å². The second-order valence-electron chi connectivity index (χ2n) is 3.01. The summed E-state index contributed by atoms with van der Waals surface area (Å²) in [6, 6.07) is 4.22. The number of hydrogen-bond acceptors (Lipinski definition) is 1. The fourth-order valence-electron chi connectivity index (χ4n) is 1.35. The minimum absolute atomic E-state index is 0.275. The quantitative estimate of drug-likeness (QED) is 0.622. The van der Waals surface area contributed by atoms with E-state index in [-0.39, 0.29) is 4.70 Å². The maximum absolute atomic E-state index is 12.5. The van der Waals surface area contributed by atoms with E-state index in [4.69, 9.17) is 0 Å². The Bertz CT molecular complexity index is 468. The average molecular weight is 215 g/mol. The molecule has 2 aromatic rings. The van der Waals surface area contributed by atoms with Gasteiger partial charge in [-0.3, -0.25) is 0 Å². The number of aryl methyl sites for hydroxylation is 1. The molecule has 4 heteroatoms. The lowest BCUT2D eigenvalue weighted by molar-refractivity contribution is -0.136. The van der Waals surface area contributed by atoms with Crippen molar-refractivity contribution in [2.45, 2.75) is 13.1 Å². The van der Waals surface area contributed by atoms with Crippen LogP contribution in [0.15, 0.2) is 18.2 Å². The van der Waals surface area contributed by atoms with E-state index in [1.165, 1.54) is 6.07 Å². The summed E-state index contributed by atoms with van der Waals surface area (Å²) in [6.07, 6.45) is -4.27. The maximum Gasteiger partial charge on any atom is 0.417 e. The summed E-state index contributed by atoms with van der Waals surface area (Å²) in [5, 5.41) is 3.47. The van der Waals surface area contributed by atoms with Crippen molar-refractivity contribution in [1.82, 2.24) is 0 Å². The second kappa shape index (κ2) is 2.98. The van der Waals surface area contributed by atoms with Crippen LogP contribution in [-0.2, 0) is 6.18 Å². The molecule has 0 fully saturated rings. The van der Waals surface area contributed by atoms with Gasteiger partial charge in [-0.15, -0.1) is 11.3 Å². The molecule has 1 aromatic carbocycles. The lowest BCUT2D eigenvalue weighted by Gasteiger charge is -2.07. The Morgan fingerprint density at radius 2 is 2.00 bits per heavy atom. The van der Waals surface area contributed by atoms with Crippen LogP contribution in [0.2, 0.25) is 0 Å². The molecule has 0 amide bonds. The fraction of sp³-hybridized carbons (Fsp3) is 0.200. The lowest BCUT2D eigenvalue weighted by atomic mass is 10.1. The van der Waals surface area contributed by atoms with Gasteiger partial charge in [-0.05, 0) is 23.9 Å². The summed E-state index contributed by atoms with van der Waals surface area (Å²) in [6.45, 7) is 1.76. The third-order valence-corrected chi connectivity index (χ3v) is 3.08. The van der Waals surface area contributed by atoms with Crippen LogP contribution in [-0.4, -0.2) is 0 Å². The summed E-state index contributed by atoms with van der Waals surface area (Å²) in [5.41, 5.74) is 0.209. The van der Waals surface area contributed by atoms with E-state index in [1.54, 1.807) is 13.0 Å². The molecule has 0 aliphatic carbocycles. The molecule has 0 saturated carbocycles. The molecule has 0 spiro atoms. The van der Waals surface area contributed by atoms with Gasteiger partial charge in [0.1, 0.15) is 0 Å². The van der Waals surface area contributed by atoms with Crippen LogP contribution in [0.5, 0.6) is 0 Å². The molecule has 0 saturated heterocycles. The Hall–Kier alpha value is -1.03. The molecule has 14 heavy (non-hydrogen) atoms. The Labute approximate surface area is 83.0 Å². The van der Waals surface area contributed by atoms with Crippen LogP contribution in [0.4, 0.5) is 13.2 Å². The van der Waals surface area contributed by atoms with Crippen molar-refractivity contribution < 1.29 is 13.2 Å². The van der Waals surface area contributed by atoms with Gasteiger partial charge in [0.25, 0.3) is 0 Å². The minimum atomic E-state index is -4.27. The lowest BCUT2D eigenvalue weighted by Crippen LogP contribution is -2.04. The molecule has 0 bridgehead atoms. The molecule has 0 atom stereocenters. The van der Waals surface area contributed by atoms with Gasteiger partial charge in [-0.1, -0.05) is 12.1 Å². The van der Waals surface area contributed by atoms with Gasteiger partial charge in [0.2, 0.25) is 0 Å². The number of alkyl halides is 3. The molecule has 1 radical (unpaired) electrons. The van der Waals surface area contributed by atoms with Crippen molar-refractivity contribution in [2.24, 2.45) is 0 Å². The van der Waals surface area contributed by atoms with Crippen molar-refractivity contribution in [2.75, 3.05) is 0 Å². The molecule has 0 nitrogen and oxygen atoms in total. The number of hydrogen-bond donors (Lipinski definition) is 0. The van der Waals surface area contributed by atoms with Gasteiger partial charge in [-0.2, -0.15) is 13.2 Å². The maximum atomic E-state index is 12.5. The molecule has 0 aliphatic rings. The number of benzene rings is 1. The third kappa shape index (κ3) is 1.39. The van der Waals surface area contributed by atoms with E-state index in [2.05, 4.69) is 5.38 Å². The van der Waals surface area contributed by atoms with Crippen LogP contribution < -0.4 is 0 Å². The average Bonchev–Trinajstić information content (AvgIpc) is 2.46. The van der Waals surface area contributed by atoms with Crippen LogP contribution >= 0.6 is 11.3 Å². The number of thiophene rings is 1. The summed E-state index contributed by atoms with van der Waals surface area (Å²) in [5.74, 6) is 0. The SMILES string of the molecule is Cc1[c]sc2c(C(F)(F)F)cccc12. The van der Waals surface area contributed by atoms with Gasteiger partial charge in [0.05, 0.1) is 5.56 Å². The fourth-order valence-corrected chi connectivity index (χ4v) is 2.34. The molecule has 2 rings (SSSR count). The monoisotopic (exact) mass is 215 g/mol. The highest BCUT2D eigenvalue weighted by atomic mass is 32.1. The van der Waals surface area contributed by atoms with Crippen molar-refractivity contribution in [3.05, 3.63) is 34.7 Å². The van der Waals surface area contributed by atoms with E-state index in [9.17, 15) is 13.2 Å². The van der Waals surface area contributed by atoms with Crippen LogP contribution in [0.1, 0.15) is 11.1 Å². The zero-order valence-corrected chi connectivity index (χ0v) is 8.09. The Morgan fingerprint density at radius 1 is 1.29 bits per heavy atom. The predicted octanol–water partition coefficient (Wildman–Crippen LogP) is 4.03. The zero-order chi connectivity index (χ0) is 10.3. The summed E-state index contributed by atoms with van der Waals surface area (Å²) in [7, 11) is 0. The molecule has 1 heterocycles. The number of rotatable bonds is 0. The summed E-state index contributed by atoms with van der Waals surface area (Å²) >= 11 is 1.02. The molecule has 0 aliphatic heterocycles. The van der Waals surface area contributed by atoms with E-state index in [0.717, 1.165) is 23.0 Å². The third-order valence-electron chi connectivity index (χ3n) is 2.03. The van der Waals surface area contributed by atoms with Crippen molar-refractivity contribution in [3.8, 4) is 0 Å². The van der Waals surface area contributed by atoms with Gasteiger partial charge < -0.3 is 0 Å². The van der Waals surface area contributed by atoms with Gasteiger partial charge in [0.15, 0.2) is 0 Å². The standard InChI is InChI=1S/C10H6F3S/c1-6-5-14-9-7(6)3-2-4-8(9)10(11,12)13/h2-4H,1H3. The van der Waals surface area contributed by atoms with Crippen LogP contribution in [0.25, 0.3) is 10.1 Å². The number of halogens is 3. The normalized spacial score (nSPS) is 12.3. The molecule has 1 aromatic heterocycles. The molecule has 73 valence electrons. The van der Waals surface area contributed by atoms with Crippen molar-refractivity contribution >= 4 is 21.4 Å². The van der Waals surface area contributed by atoms with E-state index < -0.39 is 11.7 Å². The minimum Gasteiger partial charge on any atom is -0.166 e. The predicted molar refractivity (Wildman–Crippen MR) is 50.4 cm³/mol. The first kappa shape index (κ1) is 9.52. The van der Waals surface area contributed by atoms with Crippen LogP contribution in [0, 0.1) is 12.3 Å². The second-order valence-corrected chi connectivity index (χ2v) is 3.83. The first-order valence-corrected chi connectivity index (χ1v) is 4.79. The zero-order valence-electron chi connectivity index (χ0n) is 7.27. The highest BCUT2D eigenvalue weighted by molar-refractivity contribution is 7.17. The first-order chi connectivity index (χ1) is 6.50. The Kier molecular flexibility index (Phi) is 2.03. The smallest absolute Gasteiger partial charge is 0.166 e. The largest absolute Gasteiger partial charge is 0.417 e. The molecule has 0 unspecified atom stereocenters. The Balaban J connectivity index is 2.79. The van der Waals surface area contributed by atoms with E-state index in [1.807, 2.05) is 0 Å². The Morgan fingerprint density at radius 3 is 2.64 bits per heavy atom. The van der Waals surface area contributed by atoms with E-state index in [0.29, 0.717) is 5.39 Å². The highest BCUT2D eigenvalue weighted by Crippen LogP contribution is 2.38. The van der Waals surface area contributed by atoms with Gasteiger partial charge in [-0.25, -0.2) is 0 Å². The van der Waals surface area contributed by atoms with Crippen molar-refractivity contribution in [1.29, 1.82) is 0 Å². The molecule has 0 N–H and O–H groups in total. The number of fused-ring (bicyclic) bond motifs is 1. The highest BCUT2D eigenvalue weighted by Gasteiger charge is 2.32. The van der Waals surface area contributed by atoms with Crippen molar-refractivity contribution in [3.63, 3.8) is 0 Å². The van der Waals surface area contributed by atoms with Crippen LogP contribution in [0.3, 0.4) is 0 Å². The summed E-state index contributed by atoms with van der Waals surface area (Å²) < 4.78 is 37.8. The first-order valence-electron chi connectivity index (χ1n) is 3.97. The topological polar surface area (TPSA) is 0 Å². The molecular formula is C10H6F3S. The van der Waals surface area contributed by atoms with E-state index >= 15 is 0 Å². The summed E-state index contributed by atoms with van der Waals surface area (Å²) in [4.78, 5) is 0.